The zero-order chi connectivity index (χ0) is 22.9. The highest BCUT2D eigenvalue weighted by Crippen LogP contribution is 2.29. The van der Waals surface area contributed by atoms with E-state index >= 15 is 0 Å². The van der Waals surface area contributed by atoms with Crippen molar-refractivity contribution in [3.8, 4) is 0 Å². The van der Waals surface area contributed by atoms with Gasteiger partial charge in [0.05, 0.1) is 22.5 Å². The molecule has 0 aliphatic carbocycles. The summed E-state index contributed by atoms with van der Waals surface area (Å²) in [5.74, 6) is 0.339. The molecule has 3 aromatic rings. The van der Waals surface area contributed by atoms with E-state index in [-0.39, 0.29) is 33.0 Å². The first kappa shape index (κ1) is 22.3. The lowest BCUT2D eigenvalue weighted by molar-refractivity contribution is 0.310. The highest BCUT2D eigenvalue weighted by molar-refractivity contribution is 7.91. The Bertz CT molecular complexity index is 1330. The molecule has 0 fully saturated rings. The number of rotatable bonds is 6. The van der Waals surface area contributed by atoms with Gasteiger partial charge in [0.25, 0.3) is 5.56 Å². The van der Waals surface area contributed by atoms with Crippen molar-refractivity contribution in [2.24, 2.45) is 0 Å². The van der Waals surface area contributed by atoms with Crippen LogP contribution in [-0.4, -0.2) is 47.6 Å². The third kappa shape index (κ3) is 4.62. The fourth-order valence-electron chi connectivity index (χ4n) is 3.50. The van der Waals surface area contributed by atoms with Crippen LogP contribution < -0.4 is 16.2 Å². The zero-order valence-corrected chi connectivity index (χ0v) is 19.2. The Hall–Kier alpha value is -2.95. The summed E-state index contributed by atoms with van der Waals surface area (Å²) in [7, 11) is -1.43. The summed E-state index contributed by atoms with van der Waals surface area (Å²) in [6, 6.07) is 8.34. The number of aromatic amines is 1. The summed E-state index contributed by atoms with van der Waals surface area (Å²) in [4.78, 5) is 26.3. The average molecular weight is 475 g/mol. The molecule has 3 N–H and O–H groups in total. The number of anilines is 4. The second kappa shape index (κ2) is 8.89. The summed E-state index contributed by atoms with van der Waals surface area (Å²) >= 11 is 6.25. The van der Waals surface area contributed by atoms with Gasteiger partial charge in [-0.2, -0.15) is 4.98 Å². The molecule has 1 aromatic carbocycles. The van der Waals surface area contributed by atoms with Gasteiger partial charge < -0.3 is 20.5 Å². The summed E-state index contributed by atoms with van der Waals surface area (Å²) in [5, 5.41) is 6.14. The van der Waals surface area contributed by atoms with Gasteiger partial charge in [-0.05, 0) is 30.8 Å². The number of halogens is 1. The monoisotopic (exact) mass is 474 g/mol. The molecule has 0 atom stereocenters. The van der Waals surface area contributed by atoms with Crippen LogP contribution in [0.15, 0.2) is 46.2 Å². The van der Waals surface area contributed by atoms with Crippen molar-refractivity contribution in [3.05, 3.63) is 63.2 Å². The molecule has 0 saturated heterocycles. The first-order valence-corrected chi connectivity index (χ1v) is 12.1. The van der Waals surface area contributed by atoms with Gasteiger partial charge >= 0.3 is 0 Å². The Morgan fingerprint density at radius 2 is 2.00 bits per heavy atom. The minimum Gasteiger partial charge on any atom is -0.338 e. The molecule has 2 aromatic heterocycles. The number of sulfone groups is 1. The Labute approximate surface area is 190 Å². The van der Waals surface area contributed by atoms with E-state index in [4.69, 9.17) is 11.6 Å². The lowest BCUT2D eigenvalue weighted by Crippen LogP contribution is -2.29. The Kier molecular flexibility index (Phi) is 6.18. The predicted octanol–water partition coefficient (Wildman–Crippen LogP) is 3.09. The van der Waals surface area contributed by atoms with Gasteiger partial charge in [0.1, 0.15) is 10.7 Å². The third-order valence-electron chi connectivity index (χ3n) is 5.24. The van der Waals surface area contributed by atoms with Crippen molar-refractivity contribution in [1.29, 1.82) is 0 Å². The highest BCUT2D eigenvalue weighted by atomic mass is 35.5. The Morgan fingerprint density at radius 1 is 1.22 bits per heavy atom. The van der Waals surface area contributed by atoms with E-state index < -0.39 is 9.84 Å². The number of fused-ring (bicyclic) bond motifs is 1. The first-order chi connectivity index (χ1) is 15.3. The molecule has 9 nitrogen and oxygen atoms in total. The van der Waals surface area contributed by atoms with Crippen molar-refractivity contribution >= 4 is 44.6 Å². The second-order valence-electron chi connectivity index (χ2n) is 7.54. The maximum Gasteiger partial charge on any atom is 0.271 e. The van der Waals surface area contributed by atoms with Crippen molar-refractivity contribution in [1.82, 2.24) is 19.9 Å². The normalized spacial score (nSPS) is 14.1. The predicted molar refractivity (Wildman–Crippen MR) is 125 cm³/mol. The van der Waals surface area contributed by atoms with Gasteiger partial charge in [-0.25, -0.2) is 13.4 Å². The Balaban J connectivity index is 1.64. The number of nitrogens with one attached hydrogen (secondary N) is 3. The number of benzene rings is 1. The van der Waals surface area contributed by atoms with E-state index in [0.717, 1.165) is 30.8 Å². The largest absolute Gasteiger partial charge is 0.338 e. The minimum absolute atomic E-state index is 0.0354. The number of H-pyrrole nitrogens is 1. The molecule has 0 amide bonds. The molecule has 1 aliphatic rings. The first-order valence-electron chi connectivity index (χ1n) is 10.1. The fraction of sp³-hybridized carbons (Fsp3) is 0.286. The molecular formula is C21H23ClN6O3S. The number of aromatic nitrogens is 3. The molecule has 0 spiro atoms. The molecule has 11 heteroatoms. The number of pyridine rings is 1. The van der Waals surface area contributed by atoms with Gasteiger partial charge in [-0.3, -0.25) is 4.79 Å². The van der Waals surface area contributed by atoms with Crippen LogP contribution in [0.5, 0.6) is 0 Å². The molecule has 3 heterocycles. The standard InChI is InChI=1S/C21H23ClN6O3S/c1-3-32(30,31)18-7-5-4-6-16(18)24-19-14(22)11-23-21(27-19)26-17-10-13-12-28(2)9-8-15(13)25-20(17)29/h4-7,10-11H,3,8-9,12H2,1-2H3,(H,25,29)(H2,23,24,26,27). The molecule has 32 heavy (non-hydrogen) atoms. The molecule has 4 rings (SSSR count). The number of para-hydroxylation sites is 1. The second-order valence-corrected chi connectivity index (χ2v) is 10.2. The maximum absolute atomic E-state index is 12.5. The number of hydrogen-bond acceptors (Lipinski definition) is 8. The maximum atomic E-state index is 12.5. The lowest BCUT2D eigenvalue weighted by Gasteiger charge is -2.24. The van der Waals surface area contributed by atoms with Gasteiger partial charge in [0.2, 0.25) is 5.95 Å². The van der Waals surface area contributed by atoms with Crippen molar-refractivity contribution in [2.75, 3.05) is 30.0 Å². The minimum atomic E-state index is -3.45. The fourth-order valence-corrected chi connectivity index (χ4v) is 4.69. The average Bonchev–Trinajstić information content (AvgIpc) is 2.77. The quantitative estimate of drug-likeness (QED) is 0.498. The van der Waals surface area contributed by atoms with Crippen LogP contribution in [0.2, 0.25) is 5.02 Å². The molecular weight excluding hydrogens is 452 g/mol. The molecule has 0 bridgehead atoms. The molecule has 168 valence electrons. The van der Waals surface area contributed by atoms with Crippen LogP contribution in [-0.2, 0) is 22.8 Å². The van der Waals surface area contributed by atoms with Gasteiger partial charge in [-0.1, -0.05) is 30.7 Å². The number of likely N-dealkylation sites (N-methyl/N-ethyl adjacent to an activating group) is 1. The van der Waals surface area contributed by atoms with Crippen LogP contribution in [0.3, 0.4) is 0 Å². The molecule has 0 unspecified atom stereocenters. The van der Waals surface area contributed by atoms with E-state index in [1.807, 2.05) is 7.05 Å². The molecule has 0 saturated carbocycles. The van der Waals surface area contributed by atoms with Crippen LogP contribution in [0.1, 0.15) is 18.2 Å². The summed E-state index contributed by atoms with van der Waals surface area (Å²) < 4.78 is 24.8. The summed E-state index contributed by atoms with van der Waals surface area (Å²) in [6.45, 7) is 3.21. The van der Waals surface area contributed by atoms with E-state index in [2.05, 4.69) is 30.5 Å². The SMILES string of the molecule is CCS(=O)(=O)c1ccccc1Nc1nc(Nc2cc3c([nH]c2=O)CCN(C)C3)ncc1Cl. The van der Waals surface area contributed by atoms with E-state index in [1.54, 1.807) is 31.2 Å². The number of nitrogens with zero attached hydrogens (tertiary/aromatic N) is 3. The molecule has 1 aliphatic heterocycles. The van der Waals surface area contributed by atoms with Crippen molar-refractivity contribution in [3.63, 3.8) is 0 Å². The zero-order valence-electron chi connectivity index (χ0n) is 17.6. The molecule has 0 radical (unpaired) electrons. The van der Waals surface area contributed by atoms with E-state index in [0.29, 0.717) is 11.4 Å². The number of hydrogen-bond donors (Lipinski definition) is 3. The van der Waals surface area contributed by atoms with E-state index in [9.17, 15) is 13.2 Å². The van der Waals surface area contributed by atoms with Gasteiger partial charge in [0, 0.05) is 25.2 Å². The van der Waals surface area contributed by atoms with Crippen LogP contribution in [0, 0.1) is 0 Å². The van der Waals surface area contributed by atoms with Gasteiger partial charge in [0.15, 0.2) is 15.7 Å². The lowest BCUT2D eigenvalue weighted by atomic mass is 10.1. The van der Waals surface area contributed by atoms with E-state index in [1.165, 1.54) is 12.3 Å². The Morgan fingerprint density at radius 3 is 2.78 bits per heavy atom. The topological polar surface area (TPSA) is 120 Å². The van der Waals surface area contributed by atoms with Crippen LogP contribution in [0.25, 0.3) is 0 Å². The highest BCUT2D eigenvalue weighted by Gasteiger charge is 2.19. The van der Waals surface area contributed by atoms with Crippen molar-refractivity contribution < 1.29 is 8.42 Å². The van der Waals surface area contributed by atoms with Crippen molar-refractivity contribution in [2.45, 2.75) is 24.8 Å². The van der Waals surface area contributed by atoms with Crippen LogP contribution in [0.4, 0.5) is 23.1 Å². The van der Waals surface area contributed by atoms with Gasteiger partial charge in [-0.15, -0.1) is 0 Å². The summed E-state index contributed by atoms with van der Waals surface area (Å²) in [5.41, 5.74) is 2.39. The smallest absolute Gasteiger partial charge is 0.271 e. The summed E-state index contributed by atoms with van der Waals surface area (Å²) in [6.07, 6.45) is 2.17. The van der Waals surface area contributed by atoms with Crippen LogP contribution >= 0.6 is 11.6 Å². The third-order valence-corrected chi connectivity index (χ3v) is 7.31.